The van der Waals surface area contributed by atoms with Crippen molar-refractivity contribution in [2.24, 2.45) is 11.8 Å². The van der Waals surface area contributed by atoms with Crippen LogP contribution in [-0.2, 0) is 0 Å². The first-order chi connectivity index (χ1) is 9.08. The van der Waals surface area contributed by atoms with Crippen LogP contribution in [0.2, 0.25) is 0 Å². The van der Waals surface area contributed by atoms with Gasteiger partial charge in [-0.25, -0.2) is 8.78 Å². The van der Waals surface area contributed by atoms with Crippen LogP contribution in [0.4, 0.5) is 39.5 Å². The Kier molecular flexibility index (Phi) is 6.02. The number of alkyl halides is 9. The predicted molar refractivity (Wildman–Crippen MR) is 55.5 cm³/mol. The summed E-state index contributed by atoms with van der Waals surface area (Å²) in [5.74, 6) is -8.21. The molecule has 0 spiro atoms. The van der Waals surface area contributed by atoms with Gasteiger partial charge in [0.05, 0.1) is 6.67 Å². The molecule has 0 heterocycles. The number of halogens is 9. The fourth-order valence-corrected chi connectivity index (χ4v) is 2.00. The third-order valence-electron chi connectivity index (χ3n) is 3.23. The zero-order chi connectivity index (χ0) is 17.3. The molecule has 0 aromatic rings. The zero-order valence-corrected chi connectivity index (χ0v) is 11.1. The lowest BCUT2D eigenvalue weighted by molar-refractivity contribution is -0.390. The Morgan fingerprint density at radius 3 is 1.52 bits per heavy atom. The van der Waals surface area contributed by atoms with Crippen molar-refractivity contribution in [1.82, 2.24) is 0 Å². The zero-order valence-electron chi connectivity index (χ0n) is 11.1. The summed E-state index contributed by atoms with van der Waals surface area (Å²) in [6, 6.07) is 0. The number of aliphatic hydroxyl groups is 1. The Bertz CT molecular complexity index is 314. The van der Waals surface area contributed by atoms with Gasteiger partial charge in [0, 0.05) is 12.3 Å². The minimum atomic E-state index is -6.16. The van der Waals surface area contributed by atoms with Crippen LogP contribution in [0.5, 0.6) is 0 Å². The van der Waals surface area contributed by atoms with Gasteiger partial charge in [-0.15, -0.1) is 0 Å². The highest BCUT2D eigenvalue weighted by Gasteiger charge is 2.74. The van der Waals surface area contributed by atoms with E-state index in [0.717, 1.165) is 0 Å². The number of rotatable bonds is 6. The number of hydrogen-bond acceptors (Lipinski definition) is 1. The minimum Gasteiger partial charge on any atom is -0.373 e. The van der Waals surface area contributed by atoms with E-state index in [-0.39, 0.29) is 0 Å². The maximum Gasteiger partial charge on any atom is 0.426 e. The molecule has 2 atom stereocenters. The third kappa shape index (κ3) is 4.65. The van der Waals surface area contributed by atoms with Gasteiger partial charge in [-0.3, -0.25) is 4.39 Å². The van der Waals surface area contributed by atoms with Crippen molar-refractivity contribution in [3.8, 4) is 0 Å². The van der Waals surface area contributed by atoms with Gasteiger partial charge in [0.25, 0.3) is 5.60 Å². The van der Waals surface area contributed by atoms with Gasteiger partial charge in [0.2, 0.25) is 5.92 Å². The molecule has 0 aliphatic rings. The van der Waals surface area contributed by atoms with Gasteiger partial charge in [-0.1, -0.05) is 6.92 Å². The van der Waals surface area contributed by atoms with E-state index in [1.807, 2.05) is 0 Å². The second kappa shape index (κ2) is 6.21. The van der Waals surface area contributed by atoms with Crippen molar-refractivity contribution >= 4 is 0 Å². The lowest BCUT2D eigenvalue weighted by Crippen LogP contribution is -2.63. The highest BCUT2D eigenvalue weighted by Crippen LogP contribution is 2.51. The van der Waals surface area contributed by atoms with Crippen LogP contribution in [0.1, 0.15) is 26.7 Å². The van der Waals surface area contributed by atoms with E-state index in [1.165, 1.54) is 0 Å². The molecular weight excluding hydrogens is 319 g/mol. The van der Waals surface area contributed by atoms with Gasteiger partial charge >= 0.3 is 12.4 Å². The summed E-state index contributed by atoms with van der Waals surface area (Å²) in [6.45, 7) is -0.611. The van der Waals surface area contributed by atoms with Gasteiger partial charge in [-0.05, 0) is 19.3 Å². The maximum absolute atomic E-state index is 12.7. The molecular formula is C11H15F9O. The monoisotopic (exact) mass is 334 g/mol. The van der Waals surface area contributed by atoms with Crippen LogP contribution in [0.25, 0.3) is 0 Å². The van der Waals surface area contributed by atoms with Crippen molar-refractivity contribution in [2.45, 2.75) is 50.6 Å². The first-order valence-corrected chi connectivity index (χ1v) is 5.87. The Morgan fingerprint density at radius 2 is 1.29 bits per heavy atom. The quantitative estimate of drug-likeness (QED) is 0.709. The van der Waals surface area contributed by atoms with Crippen molar-refractivity contribution in [1.29, 1.82) is 0 Å². The van der Waals surface area contributed by atoms with Crippen molar-refractivity contribution in [2.75, 3.05) is 6.67 Å². The molecule has 0 aliphatic heterocycles. The highest BCUT2D eigenvalue weighted by atomic mass is 19.4. The summed E-state index contributed by atoms with van der Waals surface area (Å²) in [5.41, 5.74) is -5.24. The Labute approximate surface area is 115 Å². The van der Waals surface area contributed by atoms with Crippen LogP contribution < -0.4 is 0 Å². The normalized spacial score (nSPS) is 17.7. The molecule has 0 radical (unpaired) electrons. The van der Waals surface area contributed by atoms with E-state index in [4.69, 9.17) is 0 Å². The van der Waals surface area contributed by atoms with Crippen LogP contribution in [0.3, 0.4) is 0 Å². The molecule has 0 aromatic heterocycles. The molecule has 0 saturated carbocycles. The molecule has 0 amide bonds. The van der Waals surface area contributed by atoms with Crippen LogP contribution in [0, 0.1) is 11.8 Å². The molecule has 0 aromatic carbocycles. The van der Waals surface area contributed by atoms with Crippen LogP contribution in [0.15, 0.2) is 0 Å². The van der Waals surface area contributed by atoms with Crippen LogP contribution >= 0.6 is 0 Å². The van der Waals surface area contributed by atoms with Gasteiger partial charge in [0.1, 0.15) is 0 Å². The molecule has 10 heteroatoms. The smallest absolute Gasteiger partial charge is 0.373 e. The molecule has 0 fully saturated rings. The SMILES string of the molecule is CC(CF)C(CCC(C)(F)F)C(O)(C(F)(F)F)C(F)(F)F. The van der Waals surface area contributed by atoms with E-state index in [2.05, 4.69) is 0 Å². The molecule has 1 nitrogen and oxygen atoms in total. The second-order valence-corrected chi connectivity index (χ2v) is 5.11. The van der Waals surface area contributed by atoms with Gasteiger partial charge in [-0.2, -0.15) is 26.3 Å². The standard InChI is InChI=1S/C11H15F9O/c1-6(5-12)7(3-4-8(2,13)14)9(21,10(15,16)17)11(18,19)20/h6-7,21H,3-5H2,1-2H3. The number of hydrogen-bond donors (Lipinski definition) is 1. The summed E-state index contributed by atoms with van der Waals surface area (Å²) in [5, 5.41) is 9.18. The fraction of sp³-hybridized carbons (Fsp3) is 1.00. The van der Waals surface area contributed by atoms with Gasteiger partial charge in [0.15, 0.2) is 0 Å². The van der Waals surface area contributed by atoms with E-state index < -0.39 is 55.2 Å². The third-order valence-corrected chi connectivity index (χ3v) is 3.23. The Balaban J connectivity index is 5.73. The molecule has 0 aliphatic carbocycles. The van der Waals surface area contributed by atoms with E-state index >= 15 is 0 Å². The summed E-state index contributed by atoms with van der Waals surface area (Å²) >= 11 is 0. The highest BCUT2D eigenvalue weighted by molar-refractivity contribution is 5.01. The second-order valence-electron chi connectivity index (χ2n) is 5.11. The molecule has 0 bridgehead atoms. The lowest BCUT2D eigenvalue weighted by atomic mass is 9.75. The fourth-order valence-electron chi connectivity index (χ4n) is 2.00. The minimum absolute atomic E-state index is 0.310. The molecule has 2 unspecified atom stereocenters. The Hall–Kier alpha value is -0.670. The average molecular weight is 334 g/mol. The summed E-state index contributed by atoms with van der Waals surface area (Å²) < 4.78 is 114. The van der Waals surface area contributed by atoms with Crippen molar-refractivity contribution in [3.63, 3.8) is 0 Å². The summed E-state index contributed by atoms with van der Waals surface area (Å²) in [6.07, 6.45) is -15.0. The molecule has 0 rings (SSSR count). The van der Waals surface area contributed by atoms with Crippen molar-refractivity contribution < 1.29 is 44.6 Å². The van der Waals surface area contributed by atoms with E-state index in [1.54, 1.807) is 0 Å². The summed E-state index contributed by atoms with van der Waals surface area (Å²) in [7, 11) is 0. The van der Waals surface area contributed by atoms with E-state index in [0.29, 0.717) is 13.8 Å². The lowest BCUT2D eigenvalue weighted by Gasteiger charge is -2.41. The molecule has 0 saturated heterocycles. The predicted octanol–water partition coefficient (Wildman–Crippen LogP) is 4.50. The summed E-state index contributed by atoms with van der Waals surface area (Å²) in [4.78, 5) is 0. The van der Waals surface area contributed by atoms with Crippen molar-refractivity contribution in [3.05, 3.63) is 0 Å². The van der Waals surface area contributed by atoms with Crippen LogP contribution in [-0.4, -0.2) is 35.7 Å². The van der Waals surface area contributed by atoms with Gasteiger partial charge < -0.3 is 5.11 Å². The first-order valence-electron chi connectivity index (χ1n) is 5.87. The largest absolute Gasteiger partial charge is 0.426 e. The molecule has 1 N–H and O–H groups in total. The molecule has 128 valence electrons. The maximum atomic E-state index is 12.7. The topological polar surface area (TPSA) is 20.2 Å². The first kappa shape index (κ1) is 20.3. The van der Waals surface area contributed by atoms with E-state index in [9.17, 15) is 44.6 Å². The molecule has 21 heavy (non-hydrogen) atoms. The average Bonchev–Trinajstić information content (AvgIpc) is 2.23. The Morgan fingerprint density at radius 1 is 0.905 bits per heavy atom.